The fraction of sp³-hybridized carbons (Fsp3) is 0.214. The van der Waals surface area contributed by atoms with Gasteiger partial charge in [-0.25, -0.2) is 0 Å². The molecule has 0 unspecified atom stereocenters. The summed E-state index contributed by atoms with van der Waals surface area (Å²) in [6.45, 7) is 0. The number of para-hydroxylation sites is 2. The minimum Gasteiger partial charge on any atom is -0.495 e. The van der Waals surface area contributed by atoms with Crippen LogP contribution in [-0.2, 0) is 0 Å². The maximum Gasteiger partial charge on any atom is 0.215 e. The fourth-order valence-electron chi connectivity index (χ4n) is 1.85. The topological polar surface area (TPSA) is 60.6 Å². The third-order valence-corrected chi connectivity index (χ3v) is 2.85. The largest absolute Gasteiger partial charge is 0.495 e. The van der Waals surface area contributed by atoms with Gasteiger partial charge >= 0.3 is 0 Å². The zero-order chi connectivity index (χ0) is 13.8. The molecule has 0 aliphatic rings. The molecule has 0 radical (unpaired) electrons. The molecule has 2 N–H and O–H groups in total. The minimum absolute atomic E-state index is 0.519. The number of hydrogen-bond donors (Lipinski definition) is 1. The molecule has 0 fully saturated rings. The molecule has 0 atom stereocenters. The van der Waals surface area contributed by atoms with E-state index in [0.717, 1.165) is 11.4 Å². The maximum absolute atomic E-state index is 5.97. The number of methoxy groups -OCH3 is 2. The molecule has 0 spiro atoms. The normalized spacial score (nSPS) is 10.1. The van der Waals surface area contributed by atoms with E-state index in [0.29, 0.717) is 17.4 Å². The molecule has 0 aliphatic carbocycles. The van der Waals surface area contributed by atoms with Gasteiger partial charge in [-0.3, -0.25) is 0 Å². The van der Waals surface area contributed by atoms with Crippen molar-refractivity contribution in [2.75, 3.05) is 31.9 Å². The molecule has 2 aromatic rings. The quantitative estimate of drug-likeness (QED) is 0.913. The standard InChI is InChI=1S/C14H17N3O2/c1-17(11-6-4-5-7-12(11)18-2)14-10(15)8-9-13(16-14)19-3/h4-9H,15H2,1-3H3. The summed E-state index contributed by atoms with van der Waals surface area (Å²) in [7, 11) is 5.09. The third-order valence-electron chi connectivity index (χ3n) is 2.85. The number of benzene rings is 1. The lowest BCUT2D eigenvalue weighted by molar-refractivity contribution is 0.398. The number of hydrogen-bond acceptors (Lipinski definition) is 5. The molecule has 0 amide bonds. The van der Waals surface area contributed by atoms with Crippen LogP contribution in [0.2, 0.25) is 0 Å². The molecule has 19 heavy (non-hydrogen) atoms. The van der Waals surface area contributed by atoms with Crippen molar-refractivity contribution in [2.45, 2.75) is 0 Å². The molecular weight excluding hydrogens is 242 g/mol. The van der Waals surface area contributed by atoms with E-state index >= 15 is 0 Å². The number of nitrogens with two attached hydrogens (primary N) is 1. The molecule has 0 bridgehead atoms. The summed E-state index contributed by atoms with van der Waals surface area (Å²) in [6.07, 6.45) is 0. The lowest BCUT2D eigenvalue weighted by atomic mass is 10.2. The first-order valence-electron chi connectivity index (χ1n) is 5.84. The average molecular weight is 259 g/mol. The van der Waals surface area contributed by atoms with E-state index < -0.39 is 0 Å². The van der Waals surface area contributed by atoms with Crippen molar-refractivity contribution in [3.05, 3.63) is 36.4 Å². The average Bonchev–Trinajstić information content (AvgIpc) is 2.47. The van der Waals surface area contributed by atoms with Crippen LogP contribution in [0.4, 0.5) is 17.2 Å². The van der Waals surface area contributed by atoms with Crippen LogP contribution >= 0.6 is 0 Å². The number of nitrogen functional groups attached to an aromatic ring is 1. The highest BCUT2D eigenvalue weighted by molar-refractivity contribution is 5.74. The van der Waals surface area contributed by atoms with Gasteiger partial charge in [0.25, 0.3) is 0 Å². The molecule has 100 valence electrons. The molecule has 1 aromatic carbocycles. The van der Waals surface area contributed by atoms with Gasteiger partial charge in [-0.1, -0.05) is 12.1 Å². The number of ether oxygens (including phenoxy) is 2. The summed E-state index contributed by atoms with van der Waals surface area (Å²) in [6, 6.07) is 11.2. The number of aromatic nitrogens is 1. The lowest BCUT2D eigenvalue weighted by Crippen LogP contribution is -2.14. The summed E-state index contributed by atoms with van der Waals surface area (Å²) in [4.78, 5) is 6.24. The van der Waals surface area contributed by atoms with Crippen molar-refractivity contribution >= 4 is 17.2 Å². The van der Waals surface area contributed by atoms with E-state index in [1.165, 1.54) is 0 Å². The first kappa shape index (κ1) is 13.0. The highest BCUT2D eigenvalue weighted by Crippen LogP contribution is 2.34. The van der Waals surface area contributed by atoms with Crippen LogP contribution < -0.4 is 20.1 Å². The third kappa shape index (κ3) is 2.54. The molecular formula is C14H17N3O2. The van der Waals surface area contributed by atoms with Gasteiger partial charge in [-0.05, 0) is 18.2 Å². The van der Waals surface area contributed by atoms with E-state index in [1.807, 2.05) is 36.2 Å². The fourth-order valence-corrected chi connectivity index (χ4v) is 1.85. The Kier molecular flexibility index (Phi) is 3.75. The predicted molar refractivity (Wildman–Crippen MR) is 76.3 cm³/mol. The van der Waals surface area contributed by atoms with Gasteiger partial charge in [-0.15, -0.1) is 0 Å². The van der Waals surface area contributed by atoms with Crippen LogP contribution in [0, 0.1) is 0 Å². The Bertz CT molecular complexity index is 572. The molecule has 5 heteroatoms. The summed E-state index contributed by atoms with van der Waals surface area (Å²) >= 11 is 0. The number of nitrogens with zero attached hydrogens (tertiary/aromatic N) is 2. The Morgan fingerprint density at radius 1 is 1.05 bits per heavy atom. The SMILES string of the molecule is COc1ccc(N)c(N(C)c2ccccc2OC)n1. The van der Waals surface area contributed by atoms with Crippen molar-refractivity contribution in [3.63, 3.8) is 0 Å². The van der Waals surface area contributed by atoms with Crippen molar-refractivity contribution < 1.29 is 9.47 Å². The van der Waals surface area contributed by atoms with Crippen LogP contribution in [0.3, 0.4) is 0 Å². The van der Waals surface area contributed by atoms with Gasteiger partial charge in [-0.2, -0.15) is 4.98 Å². The van der Waals surface area contributed by atoms with Crippen LogP contribution in [0.25, 0.3) is 0 Å². The molecule has 1 aromatic heterocycles. The van der Waals surface area contributed by atoms with E-state index in [4.69, 9.17) is 15.2 Å². The van der Waals surface area contributed by atoms with Crippen molar-refractivity contribution in [1.82, 2.24) is 4.98 Å². The second-order valence-electron chi connectivity index (χ2n) is 4.00. The summed E-state index contributed by atoms with van der Waals surface area (Å²) in [5, 5.41) is 0. The first-order valence-corrected chi connectivity index (χ1v) is 5.84. The Balaban J connectivity index is 2.46. The maximum atomic E-state index is 5.97. The smallest absolute Gasteiger partial charge is 0.215 e. The van der Waals surface area contributed by atoms with Crippen LogP contribution in [0.1, 0.15) is 0 Å². The minimum atomic E-state index is 0.519. The Morgan fingerprint density at radius 3 is 2.47 bits per heavy atom. The second-order valence-corrected chi connectivity index (χ2v) is 4.00. The molecule has 0 saturated carbocycles. The Morgan fingerprint density at radius 2 is 1.79 bits per heavy atom. The highest BCUT2D eigenvalue weighted by Gasteiger charge is 2.14. The van der Waals surface area contributed by atoms with Crippen molar-refractivity contribution in [2.24, 2.45) is 0 Å². The summed E-state index contributed by atoms with van der Waals surface area (Å²) in [5.74, 6) is 1.91. The molecule has 5 nitrogen and oxygen atoms in total. The van der Waals surface area contributed by atoms with Crippen LogP contribution in [-0.4, -0.2) is 26.3 Å². The van der Waals surface area contributed by atoms with Crippen LogP contribution in [0.5, 0.6) is 11.6 Å². The molecule has 1 heterocycles. The number of rotatable bonds is 4. The molecule has 0 saturated heterocycles. The predicted octanol–water partition coefficient (Wildman–Crippen LogP) is 2.45. The monoisotopic (exact) mass is 259 g/mol. The van der Waals surface area contributed by atoms with Gasteiger partial charge in [0.05, 0.1) is 25.6 Å². The molecule has 0 aliphatic heterocycles. The molecule has 2 rings (SSSR count). The van der Waals surface area contributed by atoms with E-state index in [-0.39, 0.29) is 0 Å². The van der Waals surface area contributed by atoms with Crippen molar-refractivity contribution in [1.29, 1.82) is 0 Å². The van der Waals surface area contributed by atoms with E-state index in [9.17, 15) is 0 Å². The lowest BCUT2D eigenvalue weighted by Gasteiger charge is -2.22. The van der Waals surface area contributed by atoms with Gasteiger partial charge in [0.15, 0.2) is 5.82 Å². The van der Waals surface area contributed by atoms with Gasteiger partial charge in [0.2, 0.25) is 5.88 Å². The van der Waals surface area contributed by atoms with E-state index in [1.54, 1.807) is 26.4 Å². The second kappa shape index (κ2) is 5.48. The highest BCUT2D eigenvalue weighted by atomic mass is 16.5. The summed E-state index contributed by atoms with van der Waals surface area (Å²) in [5.41, 5.74) is 7.44. The van der Waals surface area contributed by atoms with E-state index in [2.05, 4.69) is 4.98 Å². The Hall–Kier alpha value is -2.43. The number of anilines is 3. The van der Waals surface area contributed by atoms with Crippen LogP contribution in [0.15, 0.2) is 36.4 Å². The zero-order valence-electron chi connectivity index (χ0n) is 11.3. The van der Waals surface area contributed by atoms with Gasteiger partial charge in [0.1, 0.15) is 5.75 Å². The first-order chi connectivity index (χ1) is 9.17. The summed E-state index contributed by atoms with van der Waals surface area (Å²) < 4.78 is 10.5. The number of pyridine rings is 1. The van der Waals surface area contributed by atoms with Gasteiger partial charge in [0, 0.05) is 13.1 Å². The van der Waals surface area contributed by atoms with Crippen molar-refractivity contribution in [3.8, 4) is 11.6 Å². The Labute approximate surface area is 112 Å². The zero-order valence-corrected chi connectivity index (χ0v) is 11.3. The van der Waals surface area contributed by atoms with Gasteiger partial charge < -0.3 is 20.1 Å².